The lowest BCUT2D eigenvalue weighted by Gasteiger charge is -2.47. The second-order valence-electron chi connectivity index (χ2n) is 12.4. The molecule has 1 spiro atoms. The number of carboxylic acid groups (broad SMARTS) is 1. The van der Waals surface area contributed by atoms with E-state index in [1.54, 1.807) is 18.3 Å². The molecule has 2 N–H and O–H groups in total. The third kappa shape index (κ3) is 5.31. The number of anilines is 1. The Morgan fingerprint density at radius 3 is 2.76 bits per heavy atom. The van der Waals surface area contributed by atoms with Crippen molar-refractivity contribution in [2.24, 2.45) is 11.8 Å². The molecule has 1 saturated carbocycles. The van der Waals surface area contributed by atoms with Crippen molar-refractivity contribution in [3.05, 3.63) is 88.2 Å². The summed E-state index contributed by atoms with van der Waals surface area (Å²) in [6.45, 7) is 2.79. The number of alkyl halides is 1. The first-order chi connectivity index (χ1) is 19.8. The number of aromatic nitrogens is 1. The normalized spacial score (nSPS) is 27.6. The number of carboxylic acids is 1. The van der Waals surface area contributed by atoms with Gasteiger partial charge in [0.15, 0.2) is 0 Å². The summed E-state index contributed by atoms with van der Waals surface area (Å²) >= 11 is 6.20. The molecule has 3 aliphatic rings. The van der Waals surface area contributed by atoms with Crippen LogP contribution in [0.4, 0.5) is 10.1 Å². The van der Waals surface area contributed by atoms with Crippen LogP contribution in [0.1, 0.15) is 80.4 Å². The van der Waals surface area contributed by atoms with E-state index >= 15 is 0 Å². The number of fused-ring (bicyclic) bond motifs is 3. The lowest BCUT2D eigenvalue weighted by molar-refractivity contribution is -0.144. The minimum atomic E-state index is -1.03. The molecule has 0 radical (unpaired) electrons. The van der Waals surface area contributed by atoms with Crippen LogP contribution >= 0.6 is 11.6 Å². The fraction of sp³-hybridized carbons (Fsp3) is 0.471. The van der Waals surface area contributed by atoms with E-state index in [0.717, 1.165) is 55.5 Å². The fourth-order valence-corrected chi connectivity index (χ4v) is 7.93. The minimum Gasteiger partial charge on any atom is -0.493 e. The maximum atomic E-state index is 14.4. The number of hydrogen-bond donors (Lipinski definition) is 2. The summed E-state index contributed by atoms with van der Waals surface area (Å²) in [5.74, 6) is 0.645. The predicted octanol–water partition coefficient (Wildman–Crippen LogP) is 8.11. The highest BCUT2D eigenvalue weighted by atomic mass is 35.5. The topological polar surface area (TPSA) is 71.5 Å². The Balaban J connectivity index is 1.19. The Labute approximate surface area is 246 Å². The molecule has 0 unspecified atom stereocenters. The Bertz CT molecular complexity index is 1420. The summed E-state index contributed by atoms with van der Waals surface area (Å²) in [5.41, 5.74) is 3.89. The molecule has 0 amide bonds. The van der Waals surface area contributed by atoms with Crippen LogP contribution in [0.3, 0.4) is 0 Å². The molecule has 3 atom stereocenters. The largest absolute Gasteiger partial charge is 0.493 e. The number of nitrogens with zero attached hydrogens (tertiary/aromatic N) is 1. The molecule has 1 heterocycles. The average Bonchev–Trinajstić information content (AvgIpc) is 3.25. The van der Waals surface area contributed by atoms with E-state index < -0.39 is 17.7 Å². The van der Waals surface area contributed by atoms with Crippen molar-refractivity contribution in [2.45, 2.75) is 81.8 Å². The first-order valence-corrected chi connectivity index (χ1v) is 15.3. The van der Waals surface area contributed by atoms with Crippen LogP contribution in [-0.4, -0.2) is 28.2 Å². The van der Waals surface area contributed by atoms with Crippen molar-refractivity contribution in [3.8, 4) is 5.75 Å². The van der Waals surface area contributed by atoms with Gasteiger partial charge in [0.1, 0.15) is 17.5 Å². The van der Waals surface area contributed by atoms with Gasteiger partial charge in [0.25, 0.3) is 0 Å². The van der Waals surface area contributed by atoms with E-state index in [9.17, 15) is 14.3 Å². The lowest BCUT2D eigenvalue weighted by atomic mass is 9.59. The summed E-state index contributed by atoms with van der Waals surface area (Å²) in [6.07, 6.45) is 7.48. The third-order valence-electron chi connectivity index (χ3n) is 9.85. The van der Waals surface area contributed by atoms with Crippen molar-refractivity contribution < 1.29 is 19.0 Å². The standard InChI is InChI=1S/C34H38ClFN2O3/c1-22(21-41-30-12-17-37-31-27(30)9-5-11-29(31)36)18-24-19-23-6-2-3-10-28(23)33(24)13-15-34(16-14-33,32(39)40)38-26-8-4-7-25(35)20-26/h2-4,6-8,10,12,17,20,22,24,29,38H,5,9,11,13-16,18-19,21H2,1H3,(H,39,40)/t22-,24+,29-,33?,34?/m1/s1. The Hall–Kier alpha value is -3.12. The van der Waals surface area contributed by atoms with Gasteiger partial charge in [-0.1, -0.05) is 48.9 Å². The van der Waals surface area contributed by atoms with E-state index in [2.05, 4.69) is 41.5 Å². The molecule has 3 aromatic rings. The van der Waals surface area contributed by atoms with Gasteiger partial charge in [0.05, 0.1) is 12.3 Å². The molecule has 216 valence electrons. The van der Waals surface area contributed by atoms with Gasteiger partial charge in [-0.15, -0.1) is 0 Å². The van der Waals surface area contributed by atoms with E-state index in [0.29, 0.717) is 42.5 Å². The zero-order valence-electron chi connectivity index (χ0n) is 23.5. The Morgan fingerprint density at radius 2 is 1.98 bits per heavy atom. The number of halogens is 2. The Kier molecular flexibility index (Phi) is 7.71. The molecule has 0 saturated heterocycles. The molecule has 5 nitrogen and oxygen atoms in total. The van der Waals surface area contributed by atoms with Crippen molar-refractivity contribution in [2.75, 3.05) is 11.9 Å². The summed E-state index contributed by atoms with van der Waals surface area (Å²) in [4.78, 5) is 17.0. The van der Waals surface area contributed by atoms with E-state index in [1.165, 1.54) is 11.1 Å². The molecule has 0 aliphatic heterocycles. The van der Waals surface area contributed by atoms with Gasteiger partial charge in [0, 0.05) is 22.5 Å². The highest BCUT2D eigenvalue weighted by molar-refractivity contribution is 6.30. The number of benzene rings is 2. The van der Waals surface area contributed by atoms with Crippen LogP contribution in [0, 0.1) is 11.8 Å². The summed E-state index contributed by atoms with van der Waals surface area (Å²) in [7, 11) is 0. The number of nitrogens with one attached hydrogen (secondary N) is 1. The number of aliphatic carboxylic acids is 1. The van der Waals surface area contributed by atoms with E-state index in [1.807, 2.05) is 18.2 Å². The summed E-state index contributed by atoms with van der Waals surface area (Å²) in [5, 5.41) is 14.3. The van der Waals surface area contributed by atoms with Gasteiger partial charge in [-0.3, -0.25) is 4.98 Å². The third-order valence-corrected chi connectivity index (χ3v) is 10.1. The molecule has 7 heteroatoms. The zero-order valence-corrected chi connectivity index (χ0v) is 24.3. The molecule has 6 rings (SSSR count). The summed E-state index contributed by atoms with van der Waals surface area (Å²) < 4.78 is 20.8. The van der Waals surface area contributed by atoms with Crippen LogP contribution in [0.5, 0.6) is 5.75 Å². The van der Waals surface area contributed by atoms with Gasteiger partial charge in [-0.2, -0.15) is 0 Å². The van der Waals surface area contributed by atoms with Gasteiger partial charge < -0.3 is 15.2 Å². The van der Waals surface area contributed by atoms with Crippen molar-refractivity contribution in [1.82, 2.24) is 4.98 Å². The summed E-state index contributed by atoms with van der Waals surface area (Å²) in [6, 6.07) is 17.9. The molecule has 2 aromatic carbocycles. The predicted molar refractivity (Wildman–Crippen MR) is 160 cm³/mol. The van der Waals surface area contributed by atoms with Gasteiger partial charge in [-0.05, 0) is 110 Å². The highest BCUT2D eigenvalue weighted by Crippen LogP contribution is 2.56. The first-order valence-electron chi connectivity index (χ1n) is 14.9. The molecule has 0 bridgehead atoms. The van der Waals surface area contributed by atoms with Crippen LogP contribution in [0.25, 0.3) is 0 Å². The molecule has 41 heavy (non-hydrogen) atoms. The quantitative estimate of drug-likeness (QED) is 0.283. The van der Waals surface area contributed by atoms with E-state index in [4.69, 9.17) is 16.3 Å². The van der Waals surface area contributed by atoms with Gasteiger partial charge >= 0.3 is 5.97 Å². The van der Waals surface area contributed by atoms with Gasteiger partial charge in [-0.25, -0.2) is 9.18 Å². The minimum absolute atomic E-state index is 0.0584. The lowest BCUT2D eigenvalue weighted by Crippen LogP contribution is -2.53. The van der Waals surface area contributed by atoms with Gasteiger partial charge in [0.2, 0.25) is 0 Å². The number of pyridine rings is 1. The zero-order chi connectivity index (χ0) is 28.6. The maximum Gasteiger partial charge on any atom is 0.329 e. The second-order valence-corrected chi connectivity index (χ2v) is 12.9. The average molecular weight is 577 g/mol. The second kappa shape index (κ2) is 11.3. The Morgan fingerprint density at radius 1 is 1.17 bits per heavy atom. The van der Waals surface area contributed by atoms with Crippen LogP contribution in [-0.2, 0) is 23.1 Å². The fourth-order valence-electron chi connectivity index (χ4n) is 7.74. The molecule has 1 aromatic heterocycles. The smallest absolute Gasteiger partial charge is 0.329 e. The van der Waals surface area contributed by atoms with Crippen LogP contribution in [0.2, 0.25) is 5.02 Å². The highest BCUT2D eigenvalue weighted by Gasteiger charge is 2.54. The molecule has 3 aliphatic carbocycles. The van der Waals surface area contributed by atoms with E-state index in [-0.39, 0.29) is 11.3 Å². The molecular formula is C34H38ClFN2O3. The number of carbonyl (C=O) groups is 1. The number of rotatable bonds is 8. The number of hydrogen-bond acceptors (Lipinski definition) is 4. The van der Waals surface area contributed by atoms with Crippen molar-refractivity contribution >= 4 is 23.3 Å². The SMILES string of the molecule is C[C@@H](COc1ccnc2c1CCC[C@H]2F)C[C@H]1Cc2ccccc2C12CCC(Nc1cccc(Cl)c1)(C(=O)O)CC2. The maximum absolute atomic E-state index is 14.4. The van der Waals surface area contributed by atoms with Crippen LogP contribution < -0.4 is 10.1 Å². The molecular weight excluding hydrogens is 539 g/mol. The van der Waals surface area contributed by atoms with Crippen LogP contribution in [0.15, 0.2) is 60.8 Å². The monoisotopic (exact) mass is 576 g/mol. The number of ether oxygens (including phenoxy) is 1. The molecule has 1 fully saturated rings. The first kappa shape index (κ1) is 28.0. The van der Waals surface area contributed by atoms with Crippen molar-refractivity contribution in [3.63, 3.8) is 0 Å². The van der Waals surface area contributed by atoms with Crippen molar-refractivity contribution in [1.29, 1.82) is 0 Å².